The Hall–Kier alpha value is -2.71. The molecular formula is C20H22N2O5S. The van der Waals surface area contributed by atoms with Crippen molar-refractivity contribution in [2.45, 2.75) is 37.3 Å². The first-order chi connectivity index (χ1) is 13.2. The zero-order valence-electron chi connectivity index (χ0n) is 15.9. The first-order valence-corrected chi connectivity index (χ1v) is 10.3. The molecule has 0 spiro atoms. The highest BCUT2D eigenvalue weighted by Gasteiger charge is 2.31. The molecule has 0 aliphatic carbocycles. The van der Waals surface area contributed by atoms with E-state index in [0.717, 1.165) is 5.56 Å². The van der Waals surface area contributed by atoms with E-state index in [1.165, 1.54) is 35.6 Å². The molecule has 7 nitrogen and oxygen atoms in total. The maximum Gasteiger partial charge on any atom is 0.339 e. The number of ether oxygens (including phenoxy) is 1. The molecule has 1 heterocycles. The van der Waals surface area contributed by atoms with Crippen molar-refractivity contribution in [1.82, 2.24) is 4.31 Å². The lowest BCUT2D eigenvalue weighted by atomic mass is 9.98. The van der Waals surface area contributed by atoms with Crippen molar-refractivity contribution in [2.75, 3.05) is 12.4 Å². The van der Waals surface area contributed by atoms with Gasteiger partial charge >= 0.3 is 5.97 Å². The Bertz CT molecular complexity index is 1000. The Kier molecular flexibility index (Phi) is 5.53. The minimum atomic E-state index is -3.59. The van der Waals surface area contributed by atoms with Gasteiger partial charge in [-0.2, -0.15) is 4.31 Å². The van der Waals surface area contributed by atoms with Crippen molar-refractivity contribution in [3.63, 3.8) is 0 Å². The number of carbonyl (C=O) groups is 2. The number of carbonyl (C=O) groups excluding carboxylic acids is 2. The Labute approximate surface area is 164 Å². The van der Waals surface area contributed by atoms with Gasteiger partial charge in [-0.1, -0.05) is 18.2 Å². The van der Waals surface area contributed by atoms with E-state index >= 15 is 0 Å². The van der Waals surface area contributed by atoms with Gasteiger partial charge in [-0.3, -0.25) is 4.79 Å². The highest BCUT2D eigenvalue weighted by molar-refractivity contribution is 7.89. The highest BCUT2D eigenvalue weighted by atomic mass is 32.2. The van der Waals surface area contributed by atoms with E-state index in [4.69, 9.17) is 4.74 Å². The lowest BCUT2D eigenvalue weighted by molar-refractivity contribution is -0.125. The minimum absolute atomic E-state index is 0.139. The minimum Gasteiger partial charge on any atom is -0.448 e. The number of hydrogen-bond acceptors (Lipinski definition) is 5. The van der Waals surface area contributed by atoms with E-state index in [9.17, 15) is 18.0 Å². The van der Waals surface area contributed by atoms with E-state index < -0.39 is 28.0 Å². The van der Waals surface area contributed by atoms with Crippen molar-refractivity contribution in [1.29, 1.82) is 0 Å². The second-order valence-electron chi connectivity index (χ2n) is 6.88. The van der Waals surface area contributed by atoms with Gasteiger partial charge in [0.1, 0.15) is 0 Å². The molecule has 1 atom stereocenters. The molecule has 0 saturated heterocycles. The van der Waals surface area contributed by atoms with Crippen molar-refractivity contribution in [2.24, 2.45) is 0 Å². The molecule has 0 fully saturated rings. The molecule has 3 rings (SSSR count). The van der Waals surface area contributed by atoms with Crippen LogP contribution in [0.5, 0.6) is 0 Å². The second-order valence-corrected chi connectivity index (χ2v) is 8.88. The molecule has 1 amide bonds. The zero-order chi connectivity index (χ0) is 20.5. The average molecular weight is 402 g/mol. The van der Waals surface area contributed by atoms with E-state index in [-0.39, 0.29) is 10.9 Å². The predicted molar refractivity (Wildman–Crippen MR) is 105 cm³/mol. The smallest absolute Gasteiger partial charge is 0.339 e. The van der Waals surface area contributed by atoms with Crippen LogP contribution in [0.25, 0.3) is 0 Å². The number of sulfonamides is 1. The first-order valence-electron chi connectivity index (χ1n) is 8.88. The van der Waals surface area contributed by atoms with Crippen molar-refractivity contribution in [3.05, 3.63) is 59.7 Å². The Morgan fingerprint density at radius 3 is 2.43 bits per heavy atom. The summed E-state index contributed by atoms with van der Waals surface area (Å²) in [5.74, 6) is -0.988. The van der Waals surface area contributed by atoms with Gasteiger partial charge in [0.25, 0.3) is 5.91 Å². The third kappa shape index (κ3) is 3.93. The van der Waals surface area contributed by atoms with Gasteiger partial charge in [-0.25, -0.2) is 13.2 Å². The number of esters is 1. The molecule has 1 aliphatic rings. The van der Waals surface area contributed by atoms with E-state index in [1.54, 1.807) is 38.1 Å². The lowest BCUT2D eigenvalue weighted by Crippen LogP contribution is -2.38. The maximum absolute atomic E-state index is 12.5. The fourth-order valence-electron chi connectivity index (χ4n) is 2.85. The van der Waals surface area contributed by atoms with Crippen LogP contribution in [0.15, 0.2) is 53.4 Å². The van der Waals surface area contributed by atoms with Crippen LogP contribution in [0.1, 0.15) is 29.8 Å². The predicted octanol–water partition coefficient (Wildman–Crippen LogP) is 2.44. The summed E-state index contributed by atoms with van der Waals surface area (Å²) in [7, 11) is -2.07. The molecule has 0 bridgehead atoms. The number of nitrogens with zero attached hydrogens (tertiary/aromatic N) is 1. The summed E-state index contributed by atoms with van der Waals surface area (Å²) in [5, 5.41) is 2.67. The summed E-state index contributed by atoms with van der Waals surface area (Å²) in [4.78, 5) is 24.7. The molecule has 8 heteroatoms. The number of hydrogen-bond donors (Lipinski definition) is 1. The number of amides is 1. The molecule has 2 aromatic carbocycles. The van der Waals surface area contributed by atoms with Crippen molar-refractivity contribution in [3.8, 4) is 0 Å². The topological polar surface area (TPSA) is 92.8 Å². The van der Waals surface area contributed by atoms with Gasteiger partial charge in [0, 0.05) is 25.2 Å². The molecular weight excluding hydrogens is 380 g/mol. The summed E-state index contributed by atoms with van der Waals surface area (Å²) in [6, 6.07) is 12.7. The molecule has 0 radical (unpaired) electrons. The normalized spacial score (nSPS) is 16.6. The molecule has 28 heavy (non-hydrogen) atoms. The number of cyclic esters (lactones) is 1. The number of fused-ring (bicyclic) bond motifs is 1. The molecule has 0 aromatic heterocycles. The number of anilines is 1. The Morgan fingerprint density at radius 2 is 1.79 bits per heavy atom. The summed E-state index contributed by atoms with van der Waals surface area (Å²) < 4.78 is 31.5. The number of benzene rings is 2. The molecule has 148 valence electrons. The van der Waals surface area contributed by atoms with Gasteiger partial charge in [0.2, 0.25) is 10.0 Å². The van der Waals surface area contributed by atoms with Crippen LogP contribution in [0.2, 0.25) is 0 Å². The van der Waals surface area contributed by atoms with Crippen LogP contribution >= 0.6 is 0 Å². The van der Waals surface area contributed by atoms with Gasteiger partial charge in [0.05, 0.1) is 10.5 Å². The van der Waals surface area contributed by atoms with Crippen molar-refractivity contribution < 1.29 is 22.7 Å². The Balaban J connectivity index is 1.71. The van der Waals surface area contributed by atoms with Gasteiger partial charge in [-0.15, -0.1) is 0 Å². The fraction of sp³-hybridized carbons (Fsp3) is 0.300. The monoisotopic (exact) mass is 402 g/mol. The molecule has 0 saturated carbocycles. The quantitative estimate of drug-likeness (QED) is 0.776. The maximum atomic E-state index is 12.5. The summed E-state index contributed by atoms with van der Waals surface area (Å²) in [6.07, 6.45) is -0.641. The van der Waals surface area contributed by atoms with E-state index in [2.05, 4.69) is 5.32 Å². The third-order valence-corrected chi connectivity index (χ3v) is 6.76. The van der Waals surface area contributed by atoms with Gasteiger partial charge < -0.3 is 10.1 Å². The molecule has 2 aromatic rings. The first kappa shape index (κ1) is 20.0. The Morgan fingerprint density at radius 1 is 1.14 bits per heavy atom. The third-order valence-electron chi connectivity index (χ3n) is 4.71. The average Bonchev–Trinajstić information content (AvgIpc) is 2.67. The zero-order valence-corrected chi connectivity index (χ0v) is 16.7. The van der Waals surface area contributed by atoms with Crippen LogP contribution in [0, 0.1) is 0 Å². The van der Waals surface area contributed by atoms with E-state index in [0.29, 0.717) is 17.7 Å². The van der Waals surface area contributed by atoms with Crippen LogP contribution in [0.4, 0.5) is 5.69 Å². The number of nitrogens with one attached hydrogen (secondary N) is 1. The number of rotatable bonds is 5. The molecule has 0 unspecified atom stereocenters. The van der Waals surface area contributed by atoms with Crippen LogP contribution in [-0.4, -0.2) is 43.8 Å². The lowest BCUT2D eigenvalue weighted by Gasteiger charge is -2.24. The summed E-state index contributed by atoms with van der Waals surface area (Å²) in [5.41, 5.74) is 1.65. The summed E-state index contributed by atoms with van der Waals surface area (Å²) in [6.45, 7) is 3.57. The van der Waals surface area contributed by atoms with Crippen LogP contribution in [-0.2, 0) is 26.0 Å². The highest BCUT2D eigenvalue weighted by Crippen LogP contribution is 2.23. The van der Waals surface area contributed by atoms with Gasteiger partial charge in [0.15, 0.2) is 6.10 Å². The van der Waals surface area contributed by atoms with E-state index in [1.807, 2.05) is 0 Å². The summed E-state index contributed by atoms with van der Waals surface area (Å²) >= 11 is 0. The van der Waals surface area contributed by atoms with Gasteiger partial charge in [-0.05, 0) is 49.7 Å². The van der Waals surface area contributed by atoms with Crippen LogP contribution in [0.3, 0.4) is 0 Å². The largest absolute Gasteiger partial charge is 0.448 e. The second kappa shape index (κ2) is 7.73. The van der Waals surface area contributed by atoms with Crippen molar-refractivity contribution >= 4 is 27.6 Å². The standard InChI is InChI=1S/C20H22N2O5S/c1-13(2)22(3)28(25,26)16-10-8-15(9-11-16)21-19(23)18-12-14-6-4-5-7-17(14)20(24)27-18/h4-11,13,18H,12H2,1-3H3,(H,21,23)/t18-/m0/s1. The fourth-order valence-corrected chi connectivity index (χ4v) is 4.22. The molecule has 1 aliphatic heterocycles. The van der Waals surface area contributed by atoms with Crippen LogP contribution < -0.4 is 5.32 Å². The SMILES string of the molecule is CC(C)N(C)S(=O)(=O)c1ccc(NC(=O)[C@@H]2Cc3ccccc3C(=O)O2)cc1. The molecule has 1 N–H and O–H groups in total.